The molecule has 0 radical (unpaired) electrons. The number of aryl methyl sites for hydroxylation is 2. The summed E-state index contributed by atoms with van der Waals surface area (Å²) in [5, 5.41) is 10.5. The summed E-state index contributed by atoms with van der Waals surface area (Å²) in [6.07, 6.45) is 0. The highest BCUT2D eigenvalue weighted by Crippen LogP contribution is 2.33. The van der Waals surface area contributed by atoms with Crippen molar-refractivity contribution in [1.82, 2.24) is 9.97 Å². The molecule has 8 nitrogen and oxygen atoms in total. The van der Waals surface area contributed by atoms with Gasteiger partial charge in [-0.3, -0.25) is 0 Å². The van der Waals surface area contributed by atoms with Gasteiger partial charge < -0.3 is 20.3 Å². The van der Waals surface area contributed by atoms with Gasteiger partial charge in [-0.05, 0) is 44.0 Å². The van der Waals surface area contributed by atoms with E-state index in [4.69, 9.17) is 15.2 Å². The van der Waals surface area contributed by atoms with E-state index in [0.717, 1.165) is 16.9 Å². The quantitative estimate of drug-likeness (QED) is 0.625. The summed E-state index contributed by atoms with van der Waals surface area (Å²) in [5.74, 6) is -0.909. The van der Waals surface area contributed by atoms with Crippen LogP contribution in [0.15, 0.2) is 18.2 Å². The van der Waals surface area contributed by atoms with Gasteiger partial charge in [-0.15, -0.1) is 11.3 Å². The molecule has 2 heterocycles. The highest BCUT2D eigenvalue weighted by atomic mass is 32.1. The molecule has 0 amide bonds. The first-order valence-electron chi connectivity index (χ1n) is 8.51. The molecule has 1 aromatic carbocycles. The van der Waals surface area contributed by atoms with Gasteiger partial charge in [0, 0.05) is 0 Å². The van der Waals surface area contributed by atoms with Crippen molar-refractivity contribution in [1.29, 1.82) is 0 Å². The molecule has 3 rings (SSSR count). The number of phenols is 1. The third-order valence-corrected chi connectivity index (χ3v) is 5.20. The monoisotopic (exact) mass is 401 g/mol. The number of benzene rings is 1. The van der Waals surface area contributed by atoms with Gasteiger partial charge in [-0.2, -0.15) is 0 Å². The number of nitrogens with zero attached hydrogens (tertiary/aromatic N) is 2. The number of rotatable bonds is 5. The first-order chi connectivity index (χ1) is 13.3. The van der Waals surface area contributed by atoms with Crippen LogP contribution in [0.5, 0.6) is 5.75 Å². The number of phenolic OH excluding ortho intramolecular Hbond substituents is 1. The third kappa shape index (κ3) is 3.74. The summed E-state index contributed by atoms with van der Waals surface area (Å²) in [6.45, 7) is 5.32. The van der Waals surface area contributed by atoms with Crippen LogP contribution in [0.25, 0.3) is 10.2 Å². The second-order valence-corrected chi connectivity index (χ2v) is 7.08. The van der Waals surface area contributed by atoms with E-state index in [1.807, 2.05) is 0 Å². The molecular weight excluding hydrogens is 382 g/mol. The Bertz CT molecular complexity index is 1080. The minimum atomic E-state index is -0.700. The Morgan fingerprint density at radius 1 is 1.18 bits per heavy atom. The Hall–Kier alpha value is -3.20. The first-order valence-corrected chi connectivity index (χ1v) is 9.32. The number of nitrogens with two attached hydrogens (primary N) is 1. The molecule has 0 fully saturated rings. The number of nitrogen functional groups attached to an aromatic ring is 1. The maximum atomic E-state index is 12.2. The van der Waals surface area contributed by atoms with E-state index in [2.05, 4.69) is 9.97 Å². The molecule has 146 valence electrons. The molecule has 0 bridgehead atoms. The van der Waals surface area contributed by atoms with Crippen LogP contribution in [0.2, 0.25) is 0 Å². The van der Waals surface area contributed by atoms with Crippen molar-refractivity contribution >= 4 is 39.3 Å². The molecule has 0 aliphatic rings. The summed E-state index contributed by atoms with van der Waals surface area (Å²) in [7, 11) is 0. The van der Waals surface area contributed by atoms with Crippen LogP contribution in [0.4, 0.5) is 5.82 Å². The summed E-state index contributed by atoms with van der Waals surface area (Å²) in [4.78, 5) is 33.7. The Morgan fingerprint density at radius 3 is 2.61 bits per heavy atom. The largest absolute Gasteiger partial charge is 0.507 e. The molecule has 3 N–H and O–H groups in total. The summed E-state index contributed by atoms with van der Waals surface area (Å²) in [6, 6.07) is 4.66. The number of hydrogen-bond donors (Lipinski definition) is 2. The molecule has 0 aliphatic heterocycles. The molecule has 0 saturated carbocycles. The molecule has 28 heavy (non-hydrogen) atoms. The van der Waals surface area contributed by atoms with Gasteiger partial charge in [0.25, 0.3) is 0 Å². The van der Waals surface area contributed by atoms with Crippen LogP contribution in [-0.2, 0) is 16.1 Å². The predicted molar refractivity (Wildman–Crippen MR) is 104 cm³/mol. The van der Waals surface area contributed by atoms with Crippen molar-refractivity contribution in [2.45, 2.75) is 27.4 Å². The Balaban J connectivity index is 1.84. The molecule has 0 saturated heterocycles. The van der Waals surface area contributed by atoms with Crippen molar-refractivity contribution in [3.63, 3.8) is 0 Å². The number of anilines is 1. The van der Waals surface area contributed by atoms with Crippen LogP contribution in [0, 0.1) is 13.8 Å². The zero-order valence-corrected chi connectivity index (χ0v) is 16.4. The minimum absolute atomic E-state index is 0.0521. The number of fused-ring (bicyclic) bond motifs is 1. The maximum absolute atomic E-state index is 12.2. The number of hydrogen-bond acceptors (Lipinski definition) is 9. The van der Waals surface area contributed by atoms with Crippen molar-refractivity contribution in [2.24, 2.45) is 0 Å². The number of thiophene rings is 1. The standard InChI is InChI=1S/C19H19N3O5S/c1-4-26-19(25)15-10(3)14-16(20)21-13(22-17(14)28-15)8-27-18(24)11-6-5-9(2)7-12(11)23/h5-7,23H,4,8H2,1-3H3,(H2,20,21,22). The summed E-state index contributed by atoms with van der Waals surface area (Å²) < 4.78 is 10.2. The third-order valence-electron chi connectivity index (χ3n) is 4.03. The molecule has 9 heteroatoms. The van der Waals surface area contributed by atoms with Crippen molar-refractivity contribution in [3.05, 3.63) is 45.6 Å². The number of esters is 2. The average molecular weight is 401 g/mol. The SMILES string of the molecule is CCOC(=O)c1sc2nc(COC(=O)c3ccc(C)cc3O)nc(N)c2c1C. The number of aromatic hydroxyl groups is 1. The Kier molecular flexibility index (Phi) is 5.46. The smallest absolute Gasteiger partial charge is 0.348 e. The van der Waals surface area contributed by atoms with E-state index < -0.39 is 11.9 Å². The molecular formula is C19H19N3O5S. The maximum Gasteiger partial charge on any atom is 0.348 e. The number of carbonyl (C=O) groups excluding carboxylic acids is 2. The lowest BCUT2D eigenvalue weighted by molar-refractivity contribution is 0.0458. The van der Waals surface area contributed by atoms with Gasteiger partial charge in [-0.1, -0.05) is 6.07 Å². The summed E-state index contributed by atoms with van der Waals surface area (Å²) in [5.41, 5.74) is 7.56. The number of ether oxygens (including phenoxy) is 2. The van der Waals surface area contributed by atoms with Crippen molar-refractivity contribution in [2.75, 3.05) is 12.3 Å². The van der Waals surface area contributed by atoms with E-state index in [1.165, 1.54) is 12.1 Å². The van der Waals surface area contributed by atoms with E-state index in [9.17, 15) is 14.7 Å². The molecule has 0 unspecified atom stereocenters. The minimum Gasteiger partial charge on any atom is -0.507 e. The number of carbonyl (C=O) groups is 2. The van der Waals surface area contributed by atoms with E-state index in [0.29, 0.717) is 20.7 Å². The average Bonchev–Trinajstić information content (AvgIpc) is 2.97. The lowest BCUT2D eigenvalue weighted by Crippen LogP contribution is -2.09. The van der Waals surface area contributed by atoms with Crippen LogP contribution in [0.1, 0.15) is 43.9 Å². The molecule has 0 aliphatic carbocycles. The van der Waals surface area contributed by atoms with E-state index >= 15 is 0 Å². The Morgan fingerprint density at radius 2 is 1.93 bits per heavy atom. The van der Waals surface area contributed by atoms with Gasteiger partial charge >= 0.3 is 11.9 Å². The topological polar surface area (TPSA) is 125 Å². The fourth-order valence-corrected chi connectivity index (χ4v) is 3.80. The Labute approximate surface area is 164 Å². The van der Waals surface area contributed by atoms with Crippen LogP contribution in [-0.4, -0.2) is 33.6 Å². The zero-order chi connectivity index (χ0) is 20.4. The second kappa shape index (κ2) is 7.81. The normalized spacial score (nSPS) is 10.8. The van der Waals surface area contributed by atoms with Gasteiger partial charge in [-0.25, -0.2) is 19.6 Å². The lowest BCUT2D eigenvalue weighted by atomic mass is 10.1. The second-order valence-electron chi connectivity index (χ2n) is 6.08. The van der Waals surface area contributed by atoms with Gasteiger partial charge in [0.05, 0.1) is 12.0 Å². The van der Waals surface area contributed by atoms with E-state index in [-0.39, 0.29) is 36.2 Å². The van der Waals surface area contributed by atoms with Crippen molar-refractivity contribution < 1.29 is 24.2 Å². The highest BCUT2D eigenvalue weighted by molar-refractivity contribution is 7.20. The molecule has 2 aromatic heterocycles. The van der Waals surface area contributed by atoms with Crippen LogP contribution >= 0.6 is 11.3 Å². The van der Waals surface area contributed by atoms with Crippen LogP contribution in [0.3, 0.4) is 0 Å². The zero-order valence-electron chi connectivity index (χ0n) is 15.6. The fourth-order valence-electron chi connectivity index (χ4n) is 2.69. The molecule has 0 atom stereocenters. The summed E-state index contributed by atoms with van der Waals surface area (Å²) >= 11 is 1.15. The van der Waals surface area contributed by atoms with Gasteiger partial charge in [0.2, 0.25) is 0 Å². The van der Waals surface area contributed by atoms with Crippen LogP contribution < -0.4 is 5.73 Å². The lowest BCUT2D eigenvalue weighted by Gasteiger charge is -2.07. The predicted octanol–water partition coefficient (Wildman–Crippen LogP) is 3.13. The molecule has 3 aromatic rings. The van der Waals surface area contributed by atoms with Gasteiger partial charge in [0.15, 0.2) is 12.4 Å². The van der Waals surface area contributed by atoms with Crippen molar-refractivity contribution in [3.8, 4) is 5.75 Å². The first kappa shape index (κ1) is 19.6. The molecule has 0 spiro atoms. The highest BCUT2D eigenvalue weighted by Gasteiger charge is 2.21. The van der Waals surface area contributed by atoms with E-state index in [1.54, 1.807) is 26.8 Å². The number of aromatic nitrogens is 2. The van der Waals surface area contributed by atoms with Gasteiger partial charge in [0.1, 0.15) is 26.8 Å². The fraction of sp³-hybridized carbons (Fsp3) is 0.263.